The molecule has 1 heterocycles. The minimum atomic E-state index is -0.776. The van der Waals surface area contributed by atoms with Gasteiger partial charge in [0.2, 0.25) is 0 Å². The molecule has 27 heavy (non-hydrogen) atoms. The Morgan fingerprint density at radius 3 is 2.48 bits per heavy atom. The van der Waals surface area contributed by atoms with Gasteiger partial charge in [0, 0.05) is 11.0 Å². The van der Waals surface area contributed by atoms with Gasteiger partial charge in [0.05, 0.1) is 13.2 Å². The van der Waals surface area contributed by atoms with Crippen LogP contribution in [-0.2, 0) is 4.74 Å². The molecule has 5 heteroatoms. The predicted octanol–water partition coefficient (Wildman–Crippen LogP) is 4.94. The molecule has 2 aromatic rings. The molecule has 0 saturated carbocycles. The van der Waals surface area contributed by atoms with Gasteiger partial charge in [-0.15, -0.1) is 0 Å². The van der Waals surface area contributed by atoms with Crippen LogP contribution in [-0.4, -0.2) is 19.3 Å². The third-order valence-corrected chi connectivity index (χ3v) is 4.61. The normalized spacial score (nSPS) is 17.7. The molecule has 0 aliphatic carbocycles. The standard InChI is InChI=1S/C22H27NO4/c1-14(2)12-25-17-8-5-15(6-9-17)16-7-10-18-19(11-16)26-13-22(3,4)20(18)27-21(23)24/h5-11,14,20H,12-13H2,1-4H3,(H2,23,24). The molecule has 2 N–H and O–H groups in total. The minimum absolute atomic E-state index is 0.348. The number of fused-ring (bicyclic) bond motifs is 1. The largest absolute Gasteiger partial charge is 0.493 e. The van der Waals surface area contributed by atoms with Gasteiger partial charge in [-0.05, 0) is 35.2 Å². The molecule has 2 aromatic carbocycles. The van der Waals surface area contributed by atoms with Crippen LogP contribution in [0.5, 0.6) is 11.5 Å². The van der Waals surface area contributed by atoms with E-state index < -0.39 is 12.2 Å². The smallest absolute Gasteiger partial charge is 0.405 e. The van der Waals surface area contributed by atoms with Gasteiger partial charge in [-0.25, -0.2) is 4.79 Å². The highest BCUT2D eigenvalue weighted by Gasteiger charge is 2.40. The van der Waals surface area contributed by atoms with Crippen LogP contribution in [0, 0.1) is 11.3 Å². The molecule has 1 amide bonds. The van der Waals surface area contributed by atoms with Crippen LogP contribution in [0.1, 0.15) is 39.4 Å². The predicted molar refractivity (Wildman–Crippen MR) is 105 cm³/mol. The third kappa shape index (κ3) is 4.35. The lowest BCUT2D eigenvalue weighted by atomic mass is 9.80. The fourth-order valence-electron chi connectivity index (χ4n) is 3.16. The minimum Gasteiger partial charge on any atom is -0.493 e. The molecule has 0 saturated heterocycles. The van der Waals surface area contributed by atoms with Gasteiger partial charge in [0.15, 0.2) is 0 Å². The zero-order valence-corrected chi connectivity index (χ0v) is 16.3. The summed E-state index contributed by atoms with van der Waals surface area (Å²) in [5.41, 5.74) is 7.85. The maximum absolute atomic E-state index is 11.3. The van der Waals surface area contributed by atoms with E-state index in [-0.39, 0.29) is 5.41 Å². The molecule has 5 nitrogen and oxygen atoms in total. The summed E-state index contributed by atoms with van der Waals surface area (Å²) in [6.07, 6.45) is -1.21. The van der Waals surface area contributed by atoms with Crippen molar-refractivity contribution in [1.82, 2.24) is 0 Å². The van der Waals surface area contributed by atoms with Crippen molar-refractivity contribution >= 4 is 6.09 Å². The number of nitrogens with two attached hydrogens (primary N) is 1. The van der Waals surface area contributed by atoms with E-state index in [1.807, 2.05) is 56.3 Å². The lowest BCUT2D eigenvalue weighted by molar-refractivity contribution is -0.0176. The van der Waals surface area contributed by atoms with E-state index in [9.17, 15) is 4.79 Å². The van der Waals surface area contributed by atoms with Gasteiger partial charge in [-0.2, -0.15) is 0 Å². The van der Waals surface area contributed by atoms with Gasteiger partial charge < -0.3 is 19.9 Å². The van der Waals surface area contributed by atoms with Crippen molar-refractivity contribution in [2.45, 2.75) is 33.8 Å². The Kier molecular flexibility index (Phi) is 5.31. The second-order valence-corrected chi connectivity index (χ2v) is 8.08. The summed E-state index contributed by atoms with van der Waals surface area (Å²) in [6.45, 7) is 9.38. The second-order valence-electron chi connectivity index (χ2n) is 8.08. The fraction of sp³-hybridized carbons (Fsp3) is 0.409. The van der Waals surface area contributed by atoms with E-state index in [0.717, 1.165) is 28.2 Å². The number of carbonyl (C=O) groups excluding carboxylic acids is 1. The molecule has 1 aliphatic heterocycles. The summed E-state index contributed by atoms with van der Waals surface area (Å²) in [5, 5.41) is 0. The average molecular weight is 369 g/mol. The third-order valence-electron chi connectivity index (χ3n) is 4.61. The number of ether oxygens (including phenoxy) is 3. The van der Waals surface area contributed by atoms with Crippen LogP contribution < -0.4 is 15.2 Å². The number of rotatable bonds is 5. The molecular weight excluding hydrogens is 342 g/mol. The summed E-state index contributed by atoms with van der Waals surface area (Å²) in [7, 11) is 0. The van der Waals surface area contributed by atoms with E-state index >= 15 is 0 Å². The first-order valence-corrected chi connectivity index (χ1v) is 9.22. The highest BCUT2D eigenvalue weighted by molar-refractivity contribution is 5.68. The first kappa shape index (κ1) is 19.1. The van der Waals surface area contributed by atoms with E-state index in [1.54, 1.807) is 0 Å². The molecule has 0 spiro atoms. The number of benzene rings is 2. The van der Waals surface area contributed by atoms with E-state index in [0.29, 0.717) is 19.1 Å². The molecule has 1 atom stereocenters. The zero-order chi connectivity index (χ0) is 19.6. The van der Waals surface area contributed by atoms with Gasteiger partial charge in [-0.3, -0.25) is 0 Å². The average Bonchev–Trinajstić information content (AvgIpc) is 2.62. The van der Waals surface area contributed by atoms with Crippen molar-refractivity contribution < 1.29 is 19.0 Å². The van der Waals surface area contributed by atoms with Crippen LogP contribution in [0.2, 0.25) is 0 Å². The molecule has 144 valence electrons. The summed E-state index contributed by atoms with van der Waals surface area (Å²) < 4.78 is 17.1. The van der Waals surface area contributed by atoms with Gasteiger partial charge in [0.25, 0.3) is 0 Å². The van der Waals surface area contributed by atoms with Crippen molar-refractivity contribution in [3.05, 3.63) is 48.0 Å². The number of hydrogen-bond acceptors (Lipinski definition) is 4. The van der Waals surface area contributed by atoms with E-state index in [1.165, 1.54) is 0 Å². The van der Waals surface area contributed by atoms with Gasteiger partial charge >= 0.3 is 6.09 Å². The molecular formula is C22H27NO4. The van der Waals surface area contributed by atoms with E-state index in [4.69, 9.17) is 19.9 Å². The van der Waals surface area contributed by atoms with Crippen molar-refractivity contribution in [2.75, 3.05) is 13.2 Å². The highest BCUT2D eigenvalue weighted by Crippen LogP contribution is 2.46. The van der Waals surface area contributed by atoms with Gasteiger partial charge in [-0.1, -0.05) is 52.0 Å². The molecule has 0 fully saturated rings. The van der Waals surface area contributed by atoms with Crippen LogP contribution in [0.3, 0.4) is 0 Å². The van der Waals surface area contributed by atoms with E-state index in [2.05, 4.69) is 13.8 Å². The van der Waals surface area contributed by atoms with Crippen molar-refractivity contribution in [3.8, 4) is 22.6 Å². The van der Waals surface area contributed by atoms with Crippen molar-refractivity contribution in [2.24, 2.45) is 17.1 Å². The summed E-state index contributed by atoms with van der Waals surface area (Å²) in [5.74, 6) is 2.07. The molecule has 3 rings (SSSR count). The second kappa shape index (κ2) is 7.51. The van der Waals surface area contributed by atoms with Crippen LogP contribution >= 0.6 is 0 Å². The van der Waals surface area contributed by atoms with Crippen molar-refractivity contribution in [1.29, 1.82) is 0 Å². The monoisotopic (exact) mass is 369 g/mol. The maximum Gasteiger partial charge on any atom is 0.405 e. The quantitative estimate of drug-likeness (QED) is 0.810. The number of carbonyl (C=O) groups is 1. The summed E-state index contributed by atoms with van der Waals surface area (Å²) in [6, 6.07) is 13.9. The topological polar surface area (TPSA) is 70.8 Å². The first-order chi connectivity index (χ1) is 12.8. The molecule has 0 bridgehead atoms. The Morgan fingerprint density at radius 1 is 1.19 bits per heavy atom. The summed E-state index contributed by atoms with van der Waals surface area (Å²) >= 11 is 0. The van der Waals surface area contributed by atoms with Crippen LogP contribution in [0.15, 0.2) is 42.5 Å². The lowest BCUT2D eigenvalue weighted by Gasteiger charge is -2.38. The van der Waals surface area contributed by atoms with Gasteiger partial charge in [0.1, 0.15) is 17.6 Å². The van der Waals surface area contributed by atoms with Crippen LogP contribution in [0.25, 0.3) is 11.1 Å². The number of hydrogen-bond donors (Lipinski definition) is 1. The van der Waals surface area contributed by atoms with Crippen LogP contribution in [0.4, 0.5) is 4.79 Å². The molecule has 1 unspecified atom stereocenters. The maximum atomic E-state index is 11.3. The molecule has 0 aromatic heterocycles. The SMILES string of the molecule is CC(C)COc1ccc(-c2ccc3c(c2)OCC(C)(C)C3OC(N)=O)cc1. The Bertz CT molecular complexity index is 812. The lowest BCUT2D eigenvalue weighted by Crippen LogP contribution is -2.37. The Morgan fingerprint density at radius 2 is 1.85 bits per heavy atom. The highest BCUT2D eigenvalue weighted by atomic mass is 16.6. The molecule has 0 radical (unpaired) electrons. The Labute approximate surface area is 160 Å². The number of primary amides is 1. The van der Waals surface area contributed by atoms with Crippen molar-refractivity contribution in [3.63, 3.8) is 0 Å². The fourth-order valence-corrected chi connectivity index (χ4v) is 3.16. The zero-order valence-electron chi connectivity index (χ0n) is 16.3. The molecule has 1 aliphatic rings. The summed E-state index contributed by atoms with van der Waals surface area (Å²) in [4.78, 5) is 11.3. The first-order valence-electron chi connectivity index (χ1n) is 9.22. The Balaban J connectivity index is 1.85. The number of amides is 1. The Hall–Kier alpha value is -2.69.